The van der Waals surface area contributed by atoms with Crippen LogP contribution >= 0.6 is 11.3 Å². The lowest BCUT2D eigenvalue weighted by atomic mass is 10.1. The fourth-order valence-electron chi connectivity index (χ4n) is 2.10. The Morgan fingerprint density at radius 2 is 2.18 bits per heavy atom. The van der Waals surface area contributed by atoms with Gasteiger partial charge in [-0.2, -0.15) is 5.26 Å². The van der Waals surface area contributed by atoms with E-state index in [2.05, 4.69) is 16.3 Å². The van der Waals surface area contributed by atoms with Gasteiger partial charge < -0.3 is 16.0 Å². The van der Waals surface area contributed by atoms with Gasteiger partial charge in [-0.15, -0.1) is 11.3 Å². The first-order valence-corrected chi connectivity index (χ1v) is 6.87. The first-order chi connectivity index (χ1) is 8.29. The summed E-state index contributed by atoms with van der Waals surface area (Å²) < 4.78 is 0. The van der Waals surface area contributed by atoms with Crippen LogP contribution in [0.3, 0.4) is 0 Å². The van der Waals surface area contributed by atoms with E-state index in [1.807, 2.05) is 6.07 Å². The van der Waals surface area contributed by atoms with Crippen LogP contribution in [0, 0.1) is 11.3 Å². The Morgan fingerprint density at radius 3 is 2.82 bits per heavy atom. The van der Waals surface area contributed by atoms with E-state index in [4.69, 9.17) is 11.0 Å². The highest BCUT2D eigenvalue weighted by molar-refractivity contribution is 7.17. The molecule has 0 amide bonds. The van der Waals surface area contributed by atoms with Crippen molar-refractivity contribution >= 4 is 22.0 Å². The second-order valence-electron chi connectivity index (χ2n) is 4.34. The van der Waals surface area contributed by atoms with Crippen molar-refractivity contribution in [3.05, 3.63) is 10.9 Å². The van der Waals surface area contributed by atoms with Gasteiger partial charge in [-0.05, 0) is 32.0 Å². The van der Waals surface area contributed by atoms with Gasteiger partial charge >= 0.3 is 0 Å². The Labute approximate surface area is 106 Å². The van der Waals surface area contributed by atoms with Crippen LogP contribution in [-0.2, 0) is 0 Å². The zero-order valence-corrected chi connectivity index (χ0v) is 10.7. The SMILES string of the molecule is N#Cc1sc(NCCN2CCCCC2)cc1N. The zero-order chi connectivity index (χ0) is 12.1. The Bertz CT molecular complexity index is 401. The minimum Gasteiger partial charge on any atom is -0.397 e. The molecule has 0 radical (unpaired) electrons. The number of hydrogen-bond donors (Lipinski definition) is 2. The molecule has 1 saturated heterocycles. The fourth-order valence-corrected chi connectivity index (χ4v) is 2.90. The van der Waals surface area contributed by atoms with E-state index in [-0.39, 0.29) is 0 Å². The summed E-state index contributed by atoms with van der Waals surface area (Å²) in [6.45, 7) is 4.43. The molecule has 1 aliphatic rings. The largest absolute Gasteiger partial charge is 0.397 e. The summed E-state index contributed by atoms with van der Waals surface area (Å²) in [6, 6.07) is 3.95. The lowest BCUT2D eigenvalue weighted by Gasteiger charge is -2.26. The summed E-state index contributed by atoms with van der Waals surface area (Å²) in [5.74, 6) is 0. The van der Waals surface area contributed by atoms with Crippen molar-refractivity contribution in [3.63, 3.8) is 0 Å². The smallest absolute Gasteiger partial charge is 0.129 e. The maximum absolute atomic E-state index is 8.81. The summed E-state index contributed by atoms with van der Waals surface area (Å²) in [7, 11) is 0. The van der Waals surface area contributed by atoms with Gasteiger partial charge in [-0.3, -0.25) is 0 Å². The Kier molecular flexibility index (Phi) is 4.24. The summed E-state index contributed by atoms with van der Waals surface area (Å²) in [5, 5.41) is 13.1. The Balaban J connectivity index is 1.75. The molecular formula is C12H18N4S. The number of nitrogen functional groups attached to an aromatic ring is 1. The summed E-state index contributed by atoms with van der Waals surface area (Å²) >= 11 is 1.43. The number of likely N-dealkylation sites (tertiary alicyclic amines) is 1. The average Bonchev–Trinajstić information content (AvgIpc) is 2.71. The van der Waals surface area contributed by atoms with Gasteiger partial charge in [-0.1, -0.05) is 6.42 Å². The molecule has 0 spiro atoms. The minimum atomic E-state index is 0.581. The molecule has 0 atom stereocenters. The van der Waals surface area contributed by atoms with Crippen LogP contribution in [0.5, 0.6) is 0 Å². The van der Waals surface area contributed by atoms with Crippen LogP contribution in [0.1, 0.15) is 24.1 Å². The van der Waals surface area contributed by atoms with E-state index in [0.717, 1.165) is 18.1 Å². The highest BCUT2D eigenvalue weighted by Gasteiger charge is 2.10. The van der Waals surface area contributed by atoms with E-state index in [1.54, 1.807) is 0 Å². The third-order valence-corrected chi connectivity index (χ3v) is 4.05. The Morgan fingerprint density at radius 1 is 1.41 bits per heavy atom. The highest BCUT2D eigenvalue weighted by Crippen LogP contribution is 2.27. The monoisotopic (exact) mass is 250 g/mol. The van der Waals surface area contributed by atoms with E-state index in [0.29, 0.717) is 10.6 Å². The van der Waals surface area contributed by atoms with Crippen molar-refractivity contribution in [3.8, 4) is 6.07 Å². The lowest BCUT2D eigenvalue weighted by molar-refractivity contribution is 0.237. The molecule has 0 aliphatic carbocycles. The van der Waals surface area contributed by atoms with Crippen molar-refractivity contribution in [2.45, 2.75) is 19.3 Å². The number of hydrogen-bond acceptors (Lipinski definition) is 5. The quantitative estimate of drug-likeness (QED) is 0.859. The second kappa shape index (κ2) is 5.89. The molecule has 0 saturated carbocycles. The number of thiophene rings is 1. The highest BCUT2D eigenvalue weighted by atomic mass is 32.1. The molecule has 5 heteroatoms. The predicted octanol–water partition coefficient (Wildman–Crippen LogP) is 2.10. The topological polar surface area (TPSA) is 65.1 Å². The van der Waals surface area contributed by atoms with Crippen LogP contribution in [-0.4, -0.2) is 31.1 Å². The van der Waals surface area contributed by atoms with Crippen molar-refractivity contribution in [1.82, 2.24) is 4.90 Å². The predicted molar refractivity (Wildman–Crippen MR) is 72.2 cm³/mol. The van der Waals surface area contributed by atoms with E-state index in [1.165, 1.54) is 43.7 Å². The number of nitriles is 1. The molecule has 4 nitrogen and oxygen atoms in total. The molecule has 2 rings (SSSR count). The van der Waals surface area contributed by atoms with Crippen molar-refractivity contribution in [2.24, 2.45) is 0 Å². The first kappa shape index (κ1) is 12.2. The zero-order valence-electron chi connectivity index (χ0n) is 9.91. The number of anilines is 2. The van der Waals surface area contributed by atoms with Crippen LogP contribution in [0.25, 0.3) is 0 Å². The normalized spacial score (nSPS) is 16.6. The molecular weight excluding hydrogens is 232 g/mol. The van der Waals surface area contributed by atoms with Gasteiger partial charge in [0.15, 0.2) is 0 Å². The minimum absolute atomic E-state index is 0.581. The molecule has 1 aromatic rings. The fraction of sp³-hybridized carbons (Fsp3) is 0.583. The third kappa shape index (κ3) is 3.35. The molecule has 0 unspecified atom stereocenters. The van der Waals surface area contributed by atoms with E-state index < -0.39 is 0 Å². The molecule has 1 fully saturated rings. The molecule has 1 aromatic heterocycles. The Hall–Kier alpha value is -1.25. The van der Waals surface area contributed by atoms with Gasteiger partial charge in [0.25, 0.3) is 0 Å². The molecule has 17 heavy (non-hydrogen) atoms. The maximum Gasteiger partial charge on any atom is 0.129 e. The number of rotatable bonds is 4. The lowest BCUT2D eigenvalue weighted by Crippen LogP contribution is -2.33. The third-order valence-electron chi connectivity index (χ3n) is 3.04. The molecule has 2 heterocycles. The van der Waals surface area contributed by atoms with Crippen molar-refractivity contribution < 1.29 is 0 Å². The van der Waals surface area contributed by atoms with Gasteiger partial charge in [0.2, 0.25) is 0 Å². The van der Waals surface area contributed by atoms with Gasteiger partial charge in [0, 0.05) is 13.1 Å². The van der Waals surface area contributed by atoms with Gasteiger partial charge in [0.05, 0.1) is 10.7 Å². The summed E-state index contributed by atoms with van der Waals surface area (Å²) in [4.78, 5) is 3.09. The number of nitrogens with zero attached hydrogens (tertiary/aromatic N) is 2. The maximum atomic E-state index is 8.81. The summed E-state index contributed by atoms with van der Waals surface area (Å²) in [5.41, 5.74) is 6.29. The molecule has 92 valence electrons. The number of piperidine rings is 1. The number of nitrogens with one attached hydrogen (secondary N) is 1. The van der Waals surface area contributed by atoms with Crippen LogP contribution in [0.2, 0.25) is 0 Å². The van der Waals surface area contributed by atoms with Crippen molar-refractivity contribution in [1.29, 1.82) is 5.26 Å². The van der Waals surface area contributed by atoms with E-state index >= 15 is 0 Å². The summed E-state index contributed by atoms with van der Waals surface area (Å²) in [6.07, 6.45) is 4.02. The molecule has 3 N–H and O–H groups in total. The molecule has 0 aromatic carbocycles. The molecule has 1 aliphatic heterocycles. The van der Waals surface area contributed by atoms with Crippen LogP contribution < -0.4 is 11.1 Å². The van der Waals surface area contributed by atoms with Gasteiger partial charge in [0.1, 0.15) is 10.9 Å². The van der Waals surface area contributed by atoms with Crippen LogP contribution in [0.4, 0.5) is 10.7 Å². The molecule has 0 bridgehead atoms. The second-order valence-corrected chi connectivity index (χ2v) is 5.39. The van der Waals surface area contributed by atoms with Crippen LogP contribution in [0.15, 0.2) is 6.07 Å². The number of nitrogens with two attached hydrogens (primary N) is 1. The van der Waals surface area contributed by atoms with Crippen molar-refractivity contribution in [2.75, 3.05) is 37.2 Å². The van der Waals surface area contributed by atoms with E-state index in [9.17, 15) is 0 Å². The standard InChI is InChI=1S/C12H18N4S/c13-9-11-10(14)8-12(17-11)15-4-7-16-5-2-1-3-6-16/h8,15H,1-7,14H2. The average molecular weight is 250 g/mol. The van der Waals surface area contributed by atoms with Gasteiger partial charge in [-0.25, -0.2) is 0 Å². The first-order valence-electron chi connectivity index (χ1n) is 6.05.